The van der Waals surface area contributed by atoms with E-state index >= 15 is 0 Å². The first-order valence-corrected chi connectivity index (χ1v) is 5.76. The number of nitrogens with one attached hydrogen (secondary N) is 1. The van der Waals surface area contributed by atoms with Crippen LogP contribution in [-0.2, 0) is 4.74 Å². The van der Waals surface area contributed by atoms with Gasteiger partial charge >= 0.3 is 0 Å². The Balaban J connectivity index is 2.12. The molecule has 4 heteroatoms. The largest absolute Gasteiger partial charge is 0.384 e. The number of nitrogens with zero attached hydrogens (tertiary/aromatic N) is 1. The van der Waals surface area contributed by atoms with Gasteiger partial charge in [-0.05, 0) is 18.8 Å². The Hall–Kier alpha value is -0.770. The molecule has 0 bridgehead atoms. The second-order valence-electron chi connectivity index (χ2n) is 5.00. The van der Waals surface area contributed by atoms with Crippen molar-refractivity contribution in [2.75, 3.05) is 26.8 Å². The fraction of sp³-hybridized carbons (Fsp3) is 0.909. The number of guanidine groups is 1. The summed E-state index contributed by atoms with van der Waals surface area (Å²) in [5.41, 5.74) is 5.85. The van der Waals surface area contributed by atoms with Crippen molar-refractivity contribution in [2.45, 2.75) is 25.7 Å². The summed E-state index contributed by atoms with van der Waals surface area (Å²) in [5.74, 6) is 0.898. The molecule has 0 amide bonds. The van der Waals surface area contributed by atoms with Gasteiger partial charge in [-0.1, -0.05) is 12.8 Å². The molecule has 2 rings (SSSR count). The minimum atomic E-state index is 0.222. The molecule has 0 aromatic heterocycles. The van der Waals surface area contributed by atoms with Crippen LogP contribution in [0.4, 0.5) is 0 Å². The smallest absolute Gasteiger partial charge is 0.188 e. The van der Waals surface area contributed by atoms with Crippen molar-refractivity contribution in [1.29, 1.82) is 5.41 Å². The maximum Gasteiger partial charge on any atom is 0.188 e. The summed E-state index contributed by atoms with van der Waals surface area (Å²) < 4.78 is 5.38. The van der Waals surface area contributed by atoms with Crippen molar-refractivity contribution in [3.8, 4) is 0 Å². The Bertz CT molecular complexity index is 252. The molecule has 0 unspecified atom stereocenters. The van der Waals surface area contributed by atoms with Gasteiger partial charge in [0, 0.05) is 25.6 Å². The number of fused-ring (bicyclic) bond motifs is 1. The van der Waals surface area contributed by atoms with Crippen LogP contribution in [0.2, 0.25) is 0 Å². The average Bonchev–Trinajstić information content (AvgIpc) is 2.57. The van der Waals surface area contributed by atoms with Gasteiger partial charge in [0.05, 0.1) is 6.61 Å². The lowest BCUT2D eigenvalue weighted by Crippen LogP contribution is -2.39. The van der Waals surface area contributed by atoms with Gasteiger partial charge in [-0.25, -0.2) is 0 Å². The fourth-order valence-corrected chi connectivity index (χ4v) is 3.29. The van der Waals surface area contributed by atoms with Crippen molar-refractivity contribution < 1.29 is 4.74 Å². The van der Waals surface area contributed by atoms with E-state index in [1.807, 2.05) is 4.90 Å². The highest BCUT2D eigenvalue weighted by Crippen LogP contribution is 2.46. The van der Waals surface area contributed by atoms with Crippen molar-refractivity contribution in [1.82, 2.24) is 4.90 Å². The van der Waals surface area contributed by atoms with E-state index in [1.54, 1.807) is 7.11 Å². The molecule has 4 nitrogen and oxygen atoms in total. The maximum absolute atomic E-state index is 7.52. The summed E-state index contributed by atoms with van der Waals surface area (Å²) >= 11 is 0. The number of methoxy groups -OCH3 is 1. The number of hydrogen-bond donors (Lipinski definition) is 2. The zero-order valence-corrected chi connectivity index (χ0v) is 9.46. The van der Waals surface area contributed by atoms with Crippen LogP contribution in [-0.4, -0.2) is 37.7 Å². The number of rotatable bonds is 2. The minimum Gasteiger partial charge on any atom is -0.384 e. The van der Waals surface area contributed by atoms with Crippen LogP contribution in [0, 0.1) is 16.7 Å². The molecule has 3 N–H and O–H groups in total. The van der Waals surface area contributed by atoms with Gasteiger partial charge in [0.2, 0.25) is 0 Å². The quantitative estimate of drug-likeness (QED) is 0.529. The molecule has 1 heterocycles. The number of hydrogen-bond acceptors (Lipinski definition) is 2. The molecular formula is C11H21N3O. The van der Waals surface area contributed by atoms with Crippen LogP contribution in [0.15, 0.2) is 0 Å². The van der Waals surface area contributed by atoms with Gasteiger partial charge in [0.15, 0.2) is 5.96 Å². The summed E-state index contributed by atoms with van der Waals surface area (Å²) in [6, 6.07) is 0. The summed E-state index contributed by atoms with van der Waals surface area (Å²) in [5, 5.41) is 7.52. The van der Waals surface area contributed by atoms with E-state index in [9.17, 15) is 0 Å². The molecule has 0 aromatic rings. The van der Waals surface area contributed by atoms with Crippen LogP contribution in [0.5, 0.6) is 0 Å². The Morgan fingerprint density at radius 1 is 1.60 bits per heavy atom. The Morgan fingerprint density at radius 2 is 2.40 bits per heavy atom. The standard InChI is InChI=1S/C11H21N3O/c1-15-8-11-5-3-2-4-9(11)6-14(7-11)10(12)13/h9H,2-8H2,1H3,(H3,12,13)/t9-,11+/m0/s1. The fourth-order valence-electron chi connectivity index (χ4n) is 3.29. The molecule has 1 aliphatic carbocycles. The zero-order chi connectivity index (χ0) is 10.9. The molecule has 0 spiro atoms. The SMILES string of the molecule is COC[C@]12CCCC[C@H]1CN(C(=N)N)C2. The van der Waals surface area contributed by atoms with Crippen LogP contribution in [0.25, 0.3) is 0 Å². The number of ether oxygens (including phenoxy) is 1. The highest BCUT2D eigenvalue weighted by molar-refractivity contribution is 5.75. The minimum absolute atomic E-state index is 0.222. The Kier molecular flexibility index (Phi) is 2.87. The number of likely N-dealkylation sites (tertiary alicyclic amines) is 1. The van der Waals surface area contributed by atoms with Crippen molar-refractivity contribution in [3.63, 3.8) is 0 Å². The molecule has 0 radical (unpaired) electrons. The van der Waals surface area contributed by atoms with Crippen molar-refractivity contribution >= 4 is 5.96 Å². The normalized spacial score (nSPS) is 35.3. The highest BCUT2D eigenvalue weighted by atomic mass is 16.5. The molecule has 2 atom stereocenters. The molecule has 1 saturated heterocycles. The first kappa shape index (κ1) is 10.7. The summed E-state index contributed by atoms with van der Waals surface area (Å²) in [7, 11) is 1.77. The average molecular weight is 211 g/mol. The van der Waals surface area contributed by atoms with Crippen LogP contribution in [0.3, 0.4) is 0 Å². The van der Waals surface area contributed by atoms with E-state index in [-0.39, 0.29) is 11.4 Å². The van der Waals surface area contributed by atoms with Gasteiger partial charge in [0.1, 0.15) is 0 Å². The summed E-state index contributed by atoms with van der Waals surface area (Å²) in [6.07, 6.45) is 5.12. The first-order valence-electron chi connectivity index (χ1n) is 5.76. The van der Waals surface area contributed by atoms with E-state index < -0.39 is 0 Å². The maximum atomic E-state index is 7.52. The van der Waals surface area contributed by atoms with Crippen molar-refractivity contribution in [3.05, 3.63) is 0 Å². The first-order chi connectivity index (χ1) is 7.18. The van der Waals surface area contributed by atoms with E-state index in [4.69, 9.17) is 15.9 Å². The molecule has 1 aliphatic heterocycles. The molecule has 2 aliphatic rings. The molecular weight excluding hydrogens is 190 g/mol. The third-order valence-corrected chi connectivity index (χ3v) is 4.06. The topological polar surface area (TPSA) is 62.3 Å². The van der Waals surface area contributed by atoms with Gasteiger partial charge in [-0.15, -0.1) is 0 Å². The lowest BCUT2D eigenvalue weighted by molar-refractivity contribution is 0.0314. The monoisotopic (exact) mass is 211 g/mol. The third-order valence-electron chi connectivity index (χ3n) is 4.06. The Labute approximate surface area is 91.3 Å². The second-order valence-corrected chi connectivity index (χ2v) is 5.00. The summed E-state index contributed by atoms with van der Waals surface area (Å²) in [4.78, 5) is 2.01. The van der Waals surface area contributed by atoms with Gasteiger partial charge in [-0.2, -0.15) is 0 Å². The van der Waals surface area contributed by atoms with Crippen LogP contribution < -0.4 is 5.73 Å². The second kappa shape index (κ2) is 4.00. The predicted octanol–water partition coefficient (Wildman–Crippen LogP) is 1.02. The van der Waals surface area contributed by atoms with E-state index in [0.29, 0.717) is 5.92 Å². The number of nitrogens with two attached hydrogens (primary N) is 1. The summed E-state index contributed by atoms with van der Waals surface area (Å²) in [6.45, 7) is 2.70. The van der Waals surface area contributed by atoms with E-state index in [1.165, 1.54) is 25.7 Å². The molecule has 2 fully saturated rings. The van der Waals surface area contributed by atoms with Gasteiger partial charge in [0.25, 0.3) is 0 Å². The van der Waals surface area contributed by atoms with Gasteiger partial charge in [-0.3, -0.25) is 5.41 Å². The molecule has 86 valence electrons. The van der Waals surface area contributed by atoms with E-state index in [2.05, 4.69) is 0 Å². The molecule has 0 aromatic carbocycles. The predicted molar refractivity (Wildman–Crippen MR) is 59.8 cm³/mol. The van der Waals surface area contributed by atoms with Gasteiger partial charge < -0.3 is 15.4 Å². The van der Waals surface area contributed by atoms with Crippen LogP contribution in [0.1, 0.15) is 25.7 Å². The highest BCUT2D eigenvalue weighted by Gasteiger charge is 2.47. The van der Waals surface area contributed by atoms with Crippen molar-refractivity contribution in [2.24, 2.45) is 17.1 Å². The molecule has 15 heavy (non-hydrogen) atoms. The van der Waals surface area contributed by atoms with E-state index in [0.717, 1.165) is 19.7 Å². The Morgan fingerprint density at radius 3 is 3.07 bits per heavy atom. The van der Waals surface area contributed by atoms with Crippen LogP contribution >= 0.6 is 0 Å². The lowest BCUT2D eigenvalue weighted by Gasteiger charge is -2.37. The lowest BCUT2D eigenvalue weighted by atomic mass is 9.69. The zero-order valence-electron chi connectivity index (χ0n) is 9.46. The third kappa shape index (κ3) is 1.83. The molecule has 1 saturated carbocycles.